The Kier molecular flexibility index (Phi) is 5.86. The van der Waals surface area contributed by atoms with E-state index in [-0.39, 0.29) is 16.6 Å². The number of hydrogen-bond donors (Lipinski definition) is 1. The van der Waals surface area contributed by atoms with E-state index in [9.17, 15) is 13.2 Å². The second-order valence-corrected chi connectivity index (χ2v) is 8.83. The number of aromatic nitrogens is 1. The molecule has 8 heteroatoms. The van der Waals surface area contributed by atoms with Crippen molar-refractivity contribution in [2.75, 3.05) is 31.6 Å². The van der Waals surface area contributed by atoms with Crippen molar-refractivity contribution in [3.63, 3.8) is 0 Å². The zero-order chi connectivity index (χ0) is 18.8. The van der Waals surface area contributed by atoms with Crippen LogP contribution in [-0.4, -0.2) is 49.9 Å². The first-order valence-electron chi connectivity index (χ1n) is 8.47. The molecular formula is C17H27N3O4S. The fraction of sp³-hybridized carbons (Fsp3) is 0.647. The third kappa shape index (κ3) is 4.19. The largest absolute Gasteiger partial charge is 0.379 e. The van der Waals surface area contributed by atoms with Crippen LogP contribution in [0.15, 0.2) is 11.0 Å². The molecule has 0 unspecified atom stereocenters. The molecule has 25 heavy (non-hydrogen) atoms. The summed E-state index contributed by atoms with van der Waals surface area (Å²) in [7, 11) is -3.65. The van der Waals surface area contributed by atoms with Gasteiger partial charge in [-0.1, -0.05) is 20.8 Å². The molecule has 1 aliphatic heterocycles. The maximum Gasteiger partial charge on any atom is 0.243 e. The lowest BCUT2D eigenvalue weighted by atomic mass is 9.89. The van der Waals surface area contributed by atoms with Crippen molar-refractivity contribution in [1.82, 2.24) is 9.29 Å². The first-order valence-corrected chi connectivity index (χ1v) is 9.91. The van der Waals surface area contributed by atoms with Crippen LogP contribution in [0.3, 0.4) is 0 Å². The number of nitrogens with one attached hydrogen (secondary N) is 1. The van der Waals surface area contributed by atoms with Crippen molar-refractivity contribution in [2.24, 2.45) is 5.41 Å². The van der Waals surface area contributed by atoms with Crippen LogP contribution in [0, 0.1) is 19.3 Å². The van der Waals surface area contributed by atoms with Gasteiger partial charge in [0.1, 0.15) is 5.82 Å². The summed E-state index contributed by atoms with van der Waals surface area (Å²) in [4.78, 5) is 16.9. The molecule has 1 fully saturated rings. The summed E-state index contributed by atoms with van der Waals surface area (Å²) in [6, 6.07) is 1.46. The fourth-order valence-electron chi connectivity index (χ4n) is 2.41. The molecule has 0 aromatic carbocycles. The van der Waals surface area contributed by atoms with Gasteiger partial charge in [0, 0.05) is 30.3 Å². The third-order valence-electron chi connectivity index (χ3n) is 4.80. The Bertz CT molecular complexity index is 753. The molecule has 0 spiro atoms. The lowest BCUT2D eigenvalue weighted by Gasteiger charge is -2.27. The van der Waals surface area contributed by atoms with E-state index < -0.39 is 15.4 Å². The molecular weight excluding hydrogens is 342 g/mol. The molecule has 0 aliphatic carbocycles. The zero-order valence-corrected chi connectivity index (χ0v) is 16.4. The number of rotatable bonds is 5. The van der Waals surface area contributed by atoms with E-state index in [4.69, 9.17) is 4.74 Å². The van der Waals surface area contributed by atoms with Crippen LogP contribution in [-0.2, 0) is 19.6 Å². The standard InChI is InChI=1S/C17H27N3O4S/c1-6-17(4,5)16(21)19-15-11-14(12(2)13(3)18-15)25(22,23)20-7-9-24-10-8-20/h11H,6-10H2,1-5H3,(H,18,19,21). The summed E-state index contributed by atoms with van der Waals surface area (Å²) < 4.78 is 32.6. The second kappa shape index (κ2) is 7.39. The molecule has 1 amide bonds. The van der Waals surface area contributed by atoms with E-state index in [1.165, 1.54) is 10.4 Å². The molecule has 1 aliphatic rings. The van der Waals surface area contributed by atoms with Crippen molar-refractivity contribution < 1.29 is 17.9 Å². The minimum atomic E-state index is -3.65. The number of morpholine rings is 1. The Morgan fingerprint density at radius 2 is 1.92 bits per heavy atom. The molecule has 0 saturated carbocycles. The number of nitrogens with zero attached hydrogens (tertiary/aromatic N) is 2. The third-order valence-corrected chi connectivity index (χ3v) is 6.82. The number of ether oxygens (including phenoxy) is 1. The molecule has 1 aromatic rings. The van der Waals surface area contributed by atoms with E-state index in [1.807, 2.05) is 20.8 Å². The van der Waals surface area contributed by atoms with Crippen molar-refractivity contribution in [3.8, 4) is 0 Å². The Morgan fingerprint density at radius 3 is 2.48 bits per heavy atom. The first-order chi connectivity index (χ1) is 11.6. The minimum absolute atomic E-state index is 0.180. The maximum absolute atomic E-state index is 13.0. The van der Waals surface area contributed by atoms with Gasteiger partial charge in [0.15, 0.2) is 0 Å². The van der Waals surface area contributed by atoms with Gasteiger partial charge in [-0.05, 0) is 25.8 Å². The molecule has 0 atom stereocenters. The van der Waals surface area contributed by atoms with Gasteiger partial charge in [0.05, 0.1) is 18.1 Å². The van der Waals surface area contributed by atoms with Gasteiger partial charge in [0.25, 0.3) is 0 Å². The fourth-order valence-corrected chi connectivity index (χ4v) is 4.11. The van der Waals surface area contributed by atoms with Crippen molar-refractivity contribution >= 4 is 21.7 Å². The number of anilines is 1. The highest BCUT2D eigenvalue weighted by Crippen LogP contribution is 2.27. The molecule has 7 nitrogen and oxygen atoms in total. The Labute approximate surface area is 149 Å². The summed E-state index contributed by atoms with van der Waals surface area (Å²) >= 11 is 0. The van der Waals surface area contributed by atoms with Gasteiger partial charge in [-0.3, -0.25) is 4.79 Å². The molecule has 2 heterocycles. The van der Waals surface area contributed by atoms with Crippen LogP contribution in [0.25, 0.3) is 0 Å². The highest BCUT2D eigenvalue weighted by molar-refractivity contribution is 7.89. The topological polar surface area (TPSA) is 88.6 Å². The molecule has 1 saturated heterocycles. The van der Waals surface area contributed by atoms with E-state index in [0.717, 1.165) is 0 Å². The predicted octanol–water partition coefficient (Wildman–Crippen LogP) is 2.09. The van der Waals surface area contributed by atoms with Crippen LogP contribution in [0.4, 0.5) is 5.82 Å². The van der Waals surface area contributed by atoms with Gasteiger partial charge in [-0.15, -0.1) is 0 Å². The van der Waals surface area contributed by atoms with Gasteiger partial charge < -0.3 is 10.1 Å². The lowest BCUT2D eigenvalue weighted by Crippen LogP contribution is -2.41. The minimum Gasteiger partial charge on any atom is -0.379 e. The van der Waals surface area contributed by atoms with Gasteiger partial charge in [0.2, 0.25) is 15.9 Å². The Hall–Kier alpha value is -1.51. The number of sulfonamides is 1. The van der Waals surface area contributed by atoms with Crippen molar-refractivity contribution in [3.05, 3.63) is 17.3 Å². The van der Waals surface area contributed by atoms with E-state index in [1.54, 1.807) is 13.8 Å². The Balaban J connectivity index is 2.39. The van der Waals surface area contributed by atoms with Crippen LogP contribution >= 0.6 is 0 Å². The SMILES string of the molecule is CCC(C)(C)C(=O)Nc1cc(S(=O)(=O)N2CCOCC2)c(C)c(C)n1. The monoisotopic (exact) mass is 369 g/mol. The number of hydrogen-bond acceptors (Lipinski definition) is 5. The summed E-state index contributed by atoms with van der Waals surface area (Å²) in [5, 5.41) is 2.76. The molecule has 0 radical (unpaired) electrons. The Morgan fingerprint density at radius 1 is 1.32 bits per heavy atom. The van der Waals surface area contributed by atoms with E-state index in [0.29, 0.717) is 44.0 Å². The van der Waals surface area contributed by atoms with Crippen molar-refractivity contribution in [1.29, 1.82) is 0 Å². The van der Waals surface area contributed by atoms with Gasteiger partial charge in [-0.25, -0.2) is 13.4 Å². The highest BCUT2D eigenvalue weighted by atomic mass is 32.2. The average Bonchev–Trinajstić information content (AvgIpc) is 2.58. The smallest absolute Gasteiger partial charge is 0.243 e. The van der Waals surface area contributed by atoms with Gasteiger partial charge in [-0.2, -0.15) is 4.31 Å². The quantitative estimate of drug-likeness (QED) is 0.858. The zero-order valence-electron chi connectivity index (χ0n) is 15.5. The second-order valence-electron chi connectivity index (χ2n) is 6.92. The number of aryl methyl sites for hydroxylation is 1. The van der Waals surface area contributed by atoms with Crippen LogP contribution in [0.2, 0.25) is 0 Å². The predicted molar refractivity (Wildman–Crippen MR) is 96.0 cm³/mol. The van der Waals surface area contributed by atoms with Crippen LogP contribution in [0.1, 0.15) is 38.4 Å². The molecule has 2 rings (SSSR count). The highest BCUT2D eigenvalue weighted by Gasteiger charge is 2.30. The van der Waals surface area contributed by atoms with E-state index >= 15 is 0 Å². The van der Waals surface area contributed by atoms with Gasteiger partial charge >= 0.3 is 0 Å². The summed E-state index contributed by atoms with van der Waals surface area (Å²) in [6.45, 7) is 10.5. The summed E-state index contributed by atoms with van der Waals surface area (Å²) in [5.41, 5.74) is 0.627. The lowest BCUT2D eigenvalue weighted by molar-refractivity contribution is -0.124. The average molecular weight is 369 g/mol. The molecule has 140 valence electrons. The number of carbonyl (C=O) groups is 1. The molecule has 1 N–H and O–H groups in total. The van der Waals surface area contributed by atoms with E-state index in [2.05, 4.69) is 10.3 Å². The van der Waals surface area contributed by atoms with Crippen molar-refractivity contribution in [2.45, 2.75) is 45.9 Å². The maximum atomic E-state index is 13.0. The first kappa shape index (κ1) is 19.8. The molecule has 1 aromatic heterocycles. The normalized spacial score (nSPS) is 16.7. The summed E-state index contributed by atoms with van der Waals surface area (Å²) in [6.07, 6.45) is 0.669. The number of pyridine rings is 1. The molecule has 0 bridgehead atoms. The number of amides is 1. The van der Waals surface area contributed by atoms with Crippen LogP contribution < -0.4 is 5.32 Å². The summed E-state index contributed by atoms with van der Waals surface area (Å²) in [5.74, 6) is 0.0851. The van der Waals surface area contributed by atoms with Crippen LogP contribution in [0.5, 0.6) is 0 Å². The number of carbonyl (C=O) groups excluding carboxylic acids is 1.